The third-order valence-corrected chi connectivity index (χ3v) is 2.91. The van der Waals surface area contributed by atoms with Gasteiger partial charge in [-0.2, -0.15) is 0 Å². The van der Waals surface area contributed by atoms with Gasteiger partial charge in [-0.15, -0.1) is 0 Å². The van der Waals surface area contributed by atoms with Crippen molar-refractivity contribution in [1.82, 2.24) is 0 Å². The fraction of sp³-hybridized carbons (Fsp3) is 0.357. The highest BCUT2D eigenvalue weighted by atomic mass is 16.4. The molecule has 1 radical (unpaired) electrons. The van der Waals surface area contributed by atoms with Crippen LogP contribution in [0.2, 0.25) is 0 Å². The van der Waals surface area contributed by atoms with Crippen molar-refractivity contribution in [2.24, 2.45) is 0 Å². The van der Waals surface area contributed by atoms with Gasteiger partial charge in [0.25, 0.3) is 0 Å². The summed E-state index contributed by atoms with van der Waals surface area (Å²) >= 11 is 0. The zero-order valence-electron chi connectivity index (χ0n) is 9.67. The molecule has 0 N–H and O–H groups in total. The maximum absolute atomic E-state index is 11.8. The van der Waals surface area contributed by atoms with Gasteiger partial charge in [0.1, 0.15) is 5.58 Å². The fourth-order valence-electron chi connectivity index (χ4n) is 1.93. The summed E-state index contributed by atoms with van der Waals surface area (Å²) in [7, 11) is 0. The van der Waals surface area contributed by atoms with Gasteiger partial charge in [-0.25, -0.2) is 4.79 Å². The van der Waals surface area contributed by atoms with E-state index in [1.165, 1.54) is 0 Å². The van der Waals surface area contributed by atoms with Crippen LogP contribution in [-0.4, -0.2) is 0 Å². The summed E-state index contributed by atoms with van der Waals surface area (Å²) in [5, 5.41) is 1.02. The van der Waals surface area contributed by atoms with Crippen LogP contribution in [-0.2, 0) is 6.42 Å². The highest BCUT2D eigenvalue weighted by Crippen LogP contribution is 2.19. The first-order valence-corrected chi connectivity index (χ1v) is 5.66. The van der Waals surface area contributed by atoms with E-state index in [0.29, 0.717) is 5.58 Å². The van der Waals surface area contributed by atoms with Gasteiger partial charge in [-0.1, -0.05) is 25.5 Å². The molecule has 0 bridgehead atoms. The number of hydrogen-bond acceptors (Lipinski definition) is 2. The first-order chi connectivity index (χ1) is 7.74. The predicted molar refractivity (Wildman–Crippen MR) is 64.7 cm³/mol. The largest absolute Gasteiger partial charge is 0.422 e. The normalized spacial score (nSPS) is 10.9. The van der Waals surface area contributed by atoms with Gasteiger partial charge in [-0.05, 0) is 37.5 Å². The van der Waals surface area contributed by atoms with E-state index in [9.17, 15) is 4.79 Å². The van der Waals surface area contributed by atoms with Crippen molar-refractivity contribution in [3.05, 3.63) is 45.8 Å². The van der Waals surface area contributed by atoms with E-state index in [2.05, 4.69) is 13.0 Å². The van der Waals surface area contributed by atoms with Crippen LogP contribution in [0.3, 0.4) is 0 Å². The number of rotatable bonds is 3. The Labute approximate surface area is 94.9 Å². The summed E-state index contributed by atoms with van der Waals surface area (Å²) in [6, 6.07) is 8.43. The quantitative estimate of drug-likeness (QED) is 0.736. The van der Waals surface area contributed by atoms with Gasteiger partial charge in [0.05, 0.1) is 0 Å². The van der Waals surface area contributed by atoms with E-state index < -0.39 is 0 Å². The molecule has 2 aromatic rings. The summed E-state index contributed by atoms with van der Waals surface area (Å²) in [6.07, 6.45) is 2.91. The van der Waals surface area contributed by atoms with Gasteiger partial charge in [0, 0.05) is 10.9 Å². The van der Waals surface area contributed by atoms with Crippen LogP contribution in [0.15, 0.2) is 27.4 Å². The fourth-order valence-corrected chi connectivity index (χ4v) is 1.93. The lowest BCUT2D eigenvalue weighted by Gasteiger charge is -2.06. The van der Waals surface area contributed by atoms with Crippen LogP contribution < -0.4 is 5.63 Å². The third-order valence-electron chi connectivity index (χ3n) is 2.91. The second kappa shape index (κ2) is 4.52. The van der Waals surface area contributed by atoms with Crippen LogP contribution in [0.4, 0.5) is 0 Å². The van der Waals surface area contributed by atoms with Crippen molar-refractivity contribution in [2.45, 2.75) is 33.1 Å². The van der Waals surface area contributed by atoms with Crippen molar-refractivity contribution in [2.75, 3.05) is 0 Å². The molecule has 0 aliphatic rings. The maximum atomic E-state index is 11.8. The smallest absolute Gasteiger partial charge is 0.339 e. The van der Waals surface area contributed by atoms with Crippen molar-refractivity contribution in [3.8, 4) is 0 Å². The lowest BCUT2D eigenvalue weighted by molar-refractivity contribution is 0.545. The Morgan fingerprint density at radius 2 is 2.25 bits per heavy atom. The Morgan fingerprint density at radius 3 is 3.00 bits per heavy atom. The number of aryl methyl sites for hydroxylation is 1. The molecule has 16 heavy (non-hydrogen) atoms. The summed E-state index contributed by atoms with van der Waals surface area (Å²) < 4.78 is 5.28. The Bertz CT molecular complexity index is 552. The monoisotopic (exact) mass is 215 g/mol. The number of benzene rings is 1. The molecule has 0 fully saturated rings. The summed E-state index contributed by atoms with van der Waals surface area (Å²) in [5.41, 5.74) is 2.30. The zero-order chi connectivity index (χ0) is 11.5. The molecule has 1 heterocycles. The topological polar surface area (TPSA) is 30.2 Å². The average Bonchev–Trinajstić information content (AvgIpc) is 2.29. The van der Waals surface area contributed by atoms with E-state index in [1.54, 1.807) is 6.07 Å². The van der Waals surface area contributed by atoms with Crippen molar-refractivity contribution >= 4 is 11.0 Å². The molecule has 1 aromatic carbocycles. The molecule has 2 heteroatoms. The molecule has 2 nitrogen and oxygen atoms in total. The second-order valence-electron chi connectivity index (χ2n) is 4.02. The predicted octanol–water partition coefficient (Wildman–Crippen LogP) is 3.24. The lowest BCUT2D eigenvalue weighted by atomic mass is 10.0. The Morgan fingerprint density at radius 1 is 1.44 bits per heavy atom. The van der Waals surface area contributed by atoms with Gasteiger partial charge in [-0.3, -0.25) is 0 Å². The minimum Gasteiger partial charge on any atom is -0.422 e. The highest BCUT2D eigenvalue weighted by molar-refractivity contribution is 5.80. The summed E-state index contributed by atoms with van der Waals surface area (Å²) in [5.74, 6) is 0. The van der Waals surface area contributed by atoms with Crippen molar-refractivity contribution < 1.29 is 4.42 Å². The van der Waals surface area contributed by atoms with Crippen molar-refractivity contribution in [3.63, 3.8) is 0 Å². The van der Waals surface area contributed by atoms with Crippen LogP contribution in [0.5, 0.6) is 0 Å². The standard InChI is InChI=1S/C14H15O2/c1-3-4-7-12-10(2)11-8-5-6-9-13(11)16-14(12)15/h5,8-9H,3-4,7H2,1-2H3. The summed E-state index contributed by atoms with van der Waals surface area (Å²) in [4.78, 5) is 11.8. The molecule has 83 valence electrons. The van der Waals surface area contributed by atoms with E-state index in [1.807, 2.05) is 19.1 Å². The average molecular weight is 215 g/mol. The van der Waals surface area contributed by atoms with Gasteiger partial charge < -0.3 is 4.42 Å². The molecular formula is C14H15O2. The molecule has 0 saturated heterocycles. The van der Waals surface area contributed by atoms with Gasteiger partial charge >= 0.3 is 5.63 Å². The van der Waals surface area contributed by atoms with E-state index >= 15 is 0 Å². The zero-order valence-corrected chi connectivity index (χ0v) is 9.67. The van der Waals surface area contributed by atoms with E-state index in [-0.39, 0.29) is 5.63 Å². The second-order valence-corrected chi connectivity index (χ2v) is 4.02. The maximum Gasteiger partial charge on any atom is 0.339 e. The number of hydrogen-bond donors (Lipinski definition) is 0. The lowest BCUT2D eigenvalue weighted by Crippen LogP contribution is -2.10. The molecule has 0 aliphatic carbocycles. The molecular weight excluding hydrogens is 200 g/mol. The van der Waals surface area contributed by atoms with E-state index in [4.69, 9.17) is 4.42 Å². The van der Waals surface area contributed by atoms with Crippen molar-refractivity contribution in [1.29, 1.82) is 0 Å². The molecule has 1 aromatic heterocycles. The van der Waals surface area contributed by atoms with E-state index in [0.717, 1.165) is 35.8 Å². The molecule has 0 unspecified atom stereocenters. The highest BCUT2D eigenvalue weighted by Gasteiger charge is 2.09. The van der Waals surface area contributed by atoms with Crippen LogP contribution >= 0.6 is 0 Å². The number of unbranched alkanes of at least 4 members (excludes halogenated alkanes) is 1. The molecule has 0 spiro atoms. The molecule has 0 amide bonds. The first kappa shape index (κ1) is 10.9. The van der Waals surface area contributed by atoms with Crippen LogP contribution in [0.1, 0.15) is 30.9 Å². The number of fused-ring (bicyclic) bond motifs is 1. The Hall–Kier alpha value is -1.57. The van der Waals surface area contributed by atoms with Crippen LogP contribution in [0.25, 0.3) is 11.0 Å². The SMILES string of the molecule is CCCCc1c(C)c2cc[c]cc2oc1=O. The minimum atomic E-state index is -0.196. The molecule has 2 rings (SSSR count). The third kappa shape index (κ3) is 1.87. The molecule has 0 atom stereocenters. The Balaban J connectivity index is 2.61. The minimum absolute atomic E-state index is 0.196. The summed E-state index contributed by atoms with van der Waals surface area (Å²) in [6.45, 7) is 4.11. The molecule has 0 aliphatic heterocycles. The first-order valence-electron chi connectivity index (χ1n) is 5.66. The molecule has 0 saturated carbocycles. The van der Waals surface area contributed by atoms with Gasteiger partial charge in [0.2, 0.25) is 0 Å². The van der Waals surface area contributed by atoms with Gasteiger partial charge in [0.15, 0.2) is 0 Å². The Kier molecular flexibility index (Phi) is 3.09. The van der Waals surface area contributed by atoms with Crippen LogP contribution in [0, 0.1) is 13.0 Å².